The fraction of sp³-hybridized carbons (Fsp3) is 0.444. The van der Waals surface area contributed by atoms with Crippen molar-refractivity contribution in [2.24, 2.45) is 5.73 Å². The Labute approximate surface area is 137 Å². The third kappa shape index (κ3) is 4.66. The fourth-order valence-electron chi connectivity index (χ4n) is 2.52. The minimum absolute atomic E-state index is 0.00844. The zero-order valence-electron chi connectivity index (χ0n) is 14.2. The molecule has 1 aromatic carbocycles. The van der Waals surface area contributed by atoms with Crippen molar-refractivity contribution in [1.29, 1.82) is 0 Å². The van der Waals surface area contributed by atoms with Gasteiger partial charge in [-0.1, -0.05) is 18.2 Å². The van der Waals surface area contributed by atoms with Gasteiger partial charge in [-0.2, -0.15) is 0 Å². The van der Waals surface area contributed by atoms with Crippen LogP contribution in [0.4, 0.5) is 4.79 Å². The molecule has 0 aliphatic heterocycles. The Kier molecular flexibility index (Phi) is 5.21. The molecule has 3 N–H and O–H groups in total. The van der Waals surface area contributed by atoms with E-state index in [1.807, 2.05) is 58.0 Å². The second-order valence-corrected chi connectivity index (χ2v) is 6.69. The van der Waals surface area contributed by atoms with Crippen molar-refractivity contribution in [2.45, 2.75) is 39.2 Å². The van der Waals surface area contributed by atoms with Crippen molar-refractivity contribution in [3.63, 3.8) is 0 Å². The first-order chi connectivity index (χ1) is 10.8. The molecule has 1 heterocycles. The molecule has 1 unspecified atom stereocenters. The summed E-state index contributed by atoms with van der Waals surface area (Å²) in [5.41, 5.74) is 8.42. The third-order valence-electron chi connectivity index (χ3n) is 3.49. The molecule has 5 heteroatoms. The number of nitrogens with one attached hydrogen (secondary N) is 1. The minimum Gasteiger partial charge on any atom is -0.444 e. The average Bonchev–Trinajstić information content (AvgIpc) is 2.45. The van der Waals surface area contributed by atoms with E-state index in [2.05, 4.69) is 10.3 Å². The number of amides is 1. The molecule has 0 saturated heterocycles. The van der Waals surface area contributed by atoms with E-state index in [1.54, 1.807) is 0 Å². The maximum absolute atomic E-state index is 11.9. The van der Waals surface area contributed by atoms with Crippen molar-refractivity contribution in [3.8, 4) is 0 Å². The number of fused-ring (bicyclic) bond motifs is 1. The van der Waals surface area contributed by atoms with Gasteiger partial charge < -0.3 is 15.8 Å². The summed E-state index contributed by atoms with van der Waals surface area (Å²) in [5.74, 6) is 0.00844. The molecule has 2 rings (SSSR count). The van der Waals surface area contributed by atoms with Crippen LogP contribution in [0, 0.1) is 6.92 Å². The molecule has 1 amide bonds. The Bertz CT molecular complexity index is 692. The average molecular weight is 315 g/mol. The lowest BCUT2D eigenvalue weighted by Crippen LogP contribution is -2.36. The monoisotopic (exact) mass is 315 g/mol. The van der Waals surface area contributed by atoms with Gasteiger partial charge in [0.25, 0.3) is 0 Å². The molecule has 0 aliphatic rings. The van der Waals surface area contributed by atoms with Crippen LogP contribution in [0.25, 0.3) is 10.9 Å². The van der Waals surface area contributed by atoms with Gasteiger partial charge in [0, 0.05) is 30.1 Å². The first-order valence-corrected chi connectivity index (χ1v) is 7.83. The summed E-state index contributed by atoms with van der Waals surface area (Å²) in [5, 5.41) is 3.88. The molecule has 0 aliphatic carbocycles. The smallest absolute Gasteiger partial charge is 0.407 e. The zero-order valence-corrected chi connectivity index (χ0v) is 14.2. The highest BCUT2D eigenvalue weighted by atomic mass is 16.6. The fourth-order valence-corrected chi connectivity index (χ4v) is 2.52. The van der Waals surface area contributed by atoms with Crippen LogP contribution in [0.3, 0.4) is 0 Å². The lowest BCUT2D eigenvalue weighted by Gasteiger charge is -2.22. The van der Waals surface area contributed by atoms with E-state index in [-0.39, 0.29) is 5.92 Å². The quantitative estimate of drug-likeness (QED) is 0.909. The Morgan fingerprint density at radius 2 is 2.04 bits per heavy atom. The van der Waals surface area contributed by atoms with Crippen LogP contribution in [-0.4, -0.2) is 29.8 Å². The van der Waals surface area contributed by atoms with Gasteiger partial charge in [-0.05, 0) is 45.4 Å². The van der Waals surface area contributed by atoms with Crippen molar-refractivity contribution < 1.29 is 9.53 Å². The first kappa shape index (κ1) is 17.2. The summed E-state index contributed by atoms with van der Waals surface area (Å²) in [4.78, 5) is 16.4. The third-order valence-corrected chi connectivity index (χ3v) is 3.49. The van der Waals surface area contributed by atoms with Crippen molar-refractivity contribution in [3.05, 3.63) is 41.6 Å². The molecule has 0 fully saturated rings. The molecule has 0 radical (unpaired) electrons. The summed E-state index contributed by atoms with van der Waals surface area (Å²) in [7, 11) is 0. The lowest BCUT2D eigenvalue weighted by molar-refractivity contribution is 0.0525. The minimum atomic E-state index is -0.512. The van der Waals surface area contributed by atoms with E-state index in [1.165, 1.54) is 0 Å². The van der Waals surface area contributed by atoms with E-state index in [4.69, 9.17) is 10.5 Å². The standard InChI is InChI=1S/C18H25N3O2/c1-12-9-15(14-7-5-6-8-16(14)21-12)13(10-19)11-20-17(22)23-18(2,3)4/h5-9,13H,10-11,19H2,1-4H3,(H,20,22). The number of alkyl carbamates (subject to hydrolysis) is 1. The number of aromatic nitrogens is 1. The predicted octanol–water partition coefficient (Wildman–Crippen LogP) is 3.11. The summed E-state index contributed by atoms with van der Waals surface area (Å²) in [6.07, 6.45) is -0.425. The molecule has 2 aromatic rings. The van der Waals surface area contributed by atoms with E-state index in [9.17, 15) is 4.79 Å². The van der Waals surface area contributed by atoms with Gasteiger partial charge in [0.15, 0.2) is 0 Å². The van der Waals surface area contributed by atoms with Crippen molar-refractivity contribution in [2.75, 3.05) is 13.1 Å². The van der Waals surface area contributed by atoms with E-state index < -0.39 is 11.7 Å². The van der Waals surface area contributed by atoms with Gasteiger partial charge in [0.05, 0.1) is 5.52 Å². The second kappa shape index (κ2) is 6.96. The highest BCUT2D eigenvalue weighted by Gasteiger charge is 2.19. The number of pyridine rings is 1. The molecule has 0 saturated carbocycles. The van der Waals surface area contributed by atoms with E-state index in [0.717, 1.165) is 22.2 Å². The molecule has 5 nitrogen and oxygen atoms in total. The largest absolute Gasteiger partial charge is 0.444 e. The normalized spacial score (nSPS) is 12.9. The van der Waals surface area contributed by atoms with Crippen molar-refractivity contribution in [1.82, 2.24) is 10.3 Å². The Balaban J connectivity index is 2.20. The number of nitrogens with zero attached hydrogens (tertiary/aromatic N) is 1. The molecular formula is C18H25N3O2. The van der Waals surface area contributed by atoms with E-state index in [0.29, 0.717) is 13.1 Å². The summed E-state index contributed by atoms with van der Waals surface area (Å²) in [6, 6.07) is 10.0. The molecule has 0 spiro atoms. The summed E-state index contributed by atoms with van der Waals surface area (Å²) in [6.45, 7) is 8.35. The number of ether oxygens (including phenoxy) is 1. The van der Waals surface area contributed by atoms with Gasteiger partial charge in [0.1, 0.15) is 5.60 Å². The van der Waals surface area contributed by atoms with Gasteiger partial charge in [-0.3, -0.25) is 4.98 Å². The number of carbonyl (C=O) groups excluding carboxylic acids is 1. The molecule has 124 valence electrons. The van der Waals surface area contributed by atoms with Crippen LogP contribution in [-0.2, 0) is 4.74 Å². The van der Waals surface area contributed by atoms with Crippen LogP contribution in [0.2, 0.25) is 0 Å². The highest BCUT2D eigenvalue weighted by Crippen LogP contribution is 2.25. The lowest BCUT2D eigenvalue weighted by atomic mass is 9.94. The number of benzene rings is 1. The van der Waals surface area contributed by atoms with Gasteiger partial charge >= 0.3 is 6.09 Å². The number of nitrogens with two attached hydrogens (primary N) is 1. The second-order valence-electron chi connectivity index (χ2n) is 6.69. The number of carbonyl (C=O) groups is 1. The molecule has 0 bridgehead atoms. The number of rotatable bonds is 4. The van der Waals surface area contributed by atoms with Crippen LogP contribution < -0.4 is 11.1 Å². The highest BCUT2D eigenvalue weighted by molar-refractivity contribution is 5.83. The van der Waals surface area contributed by atoms with Gasteiger partial charge in [-0.15, -0.1) is 0 Å². The van der Waals surface area contributed by atoms with Crippen LogP contribution in [0.15, 0.2) is 30.3 Å². The van der Waals surface area contributed by atoms with Crippen LogP contribution in [0.1, 0.15) is 37.9 Å². The number of para-hydroxylation sites is 1. The number of hydrogen-bond donors (Lipinski definition) is 2. The van der Waals surface area contributed by atoms with Gasteiger partial charge in [-0.25, -0.2) is 4.79 Å². The maximum Gasteiger partial charge on any atom is 0.407 e. The summed E-state index contributed by atoms with van der Waals surface area (Å²) < 4.78 is 5.28. The SMILES string of the molecule is Cc1cc(C(CN)CNC(=O)OC(C)(C)C)c2ccccc2n1. The summed E-state index contributed by atoms with van der Waals surface area (Å²) >= 11 is 0. The van der Waals surface area contributed by atoms with Gasteiger partial charge in [0.2, 0.25) is 0 Å². The zero-order chi connectivity index (χ0) is 17.0. The van der Waals surface area contributed by atoms with E-state index >= 15 is 0 Å². The molecule has 1 atom stereocenters. The Morgan fingerprint density at radius 3 is 2.70 bits per heavy atom. The Hall–Kier alpha value is -2.14. The number of aryl methyl sites for hydroxylation is 1. The van der Waals surface area contributed by atoms with Crippen molar-refractivity contribution >= 4 is 17.0 Å². The first-order valence-electron chi connectivity index (χ1n) is 7.83. The molecule has 23 heavy (non-hydrogen) atoms. The maximum atomic E-state index is 11.9. The van der Waals surface area contributed by atoms with Crippen LogP contribution >= 0.6 is 0 Å². The molecule has 1 aromatic heterocycles. The molecular weight excluding hydrogens is 290 g/mol. The number of hydrogen-bond acceptors (Lipinski definition) is 4. The van der Waals surface area contributed by atoms with Crippen LogP contribution in [0.5, 0.6) is 0 Å². The topological polar surface area (TPSA) is 77.2 Å². The predicted molar refractivity (Wildman–Crippen MR) is 92.5 cm³/mol. The Morgan fingerprint density at radius 1 is 1.35 bits per heavy atom.